The number of hydrogen-bond donors (Lipinski definition) is 2. The minimum atomic E-state index is -3.82. The van der Waals surface area contributed by atoms with E-state index < -0.39 is 10.0 Å². The van der Waals surface area contributed by atoms with Crippen LogP contribution in [-0.2, 0) is 21.4 Å². The molecule has 9 heteroatoms. The number of carbonyl (C=O) groups is 1. The molecule has 156 valence electrons. The summed E-state index contributed by atoms with van der Waals surface area (Å²) in [7, 11) is -3.82. The summed E-state index contributed by atoms with van der Waals surface area (Å²) >= 11 is 11.7. The van der Waals surface area contributed by atoms with E-state index in [0.29, 0.717) is 23.0 Å². The minimum Gasteiger partial charge on any atom is -0.484 e. The number of benzene rings is 3. The van der Waals surface area contributed by atoms with Crippen molar-refractivity contribution in [3.8, 4) is 5.75 Å². The van der Waals surface area contributed by atoms with Gasteiger partial charge in [0.05, 0.1) is 20.6 Å². The van der Waals surface area contributed by atoms with Crippen molar-refractivity contribution in [2.45, 2.75) is 11.4 Å². The van der Waals surface area contributed by atoms with Gasteiger partial charge in [-0.15, -0.1) is 0 Å². The van der Waals surface area contributed by atoms with Crippen LogP contribution in [0.25, 0.3) is 0 Å². The van der Waals surface area contributed by atoms with E-state index in [-0.39, 0.29) is 22.4 Å². The zero-order valence-electron chi connectivity index (χ0n) is 15.6. The number of sulfonamides is 1. The quantitative estimate of drug-likeness (QED) is 0.514. The fourth-order valence-corrected chi connectivity index (χ4v) is 3.83. The number of nitrogens with one attached hydrogen (secondary N) is 2. The van der Waals surface area contributed by atoms with E-state index in [1.54, 1.807) is 0 Å². The fourth-order valence-electron chi connectivity index (χ4n) is 2.49. The number of ether oxygens (including phenoxy) is 1. The molecular weight excluding hydrogens is 447 g/mol. The smallest absolute Gasteiger partial charge is 0.261 e. The van der Waals surface area contributed by atoms with Crippen molar-refractivity contribution in [2.24, 2.45) is 0 Å². The Morgan fingerprint density at radius 2 is 1.60 bits per heavy atom. The van der Waals surface area contributed by atoms with Crippen molar-refractivity contribution in [1.82, 2.24) is 5.32 Å². The molecule has 6 nitrogen and oxygen atoms in total. The second-order valence-corrected chi connectivity index (χ2v) is 8.75. The maximum absolute atomic E-state index is 12.5. The number of carbonyl (C=O) groups excluding carboxylic acids is 1. The van der Waals surface area contributed by atoms with Crippen molar-refractivity contribution < 1.29 is 17.9 Å². The Balaban J connectivity index is 1.54. The second-order valence-electron chi connectivity index (χ2n) is 6.26. The monoisotopic (exact) mass is 464 g/mol. The van der Waals surface area contributed by atoms with Gasteiger partial charge in [-0.25, -0.2) is 8.42 Å². The van der Waals surface area contributed by atoms with E-state index in [1.165, 1.54) is 42.5 Å². The summed E-state index contributed by atoms with van der Waals surface area (Å²) in [5.41, 5.74) is 1.27. The van der Waals surface area contributed by atoms with Crippen molar-refractivity contribution >= 4 is 44.8 Å². The fraction of sp³-hybridized carbons (Fsp3) is 0.0952. The second kappa shape index (κ2) is 9.84. The summed E-state index contributed by atoms with van der Waals surface area (Å²) in [4.78, 5) is 11.9. The van der Waals surface area contributed by atoms with Crippen LogP contribution >= 0.6 is 23.2 Å². The molecule has 0 heterocycles. The highest BCUT2D eigenvalue weighted by Gasteiger charge is 2.15. The molecule has 0 radical (unpaired) electrons. The maximum Gasteiger partial charge on any atom is 0.261 e. The number of rotatable bonds is 8. The van der Waals surface area contributed by atoms with Crippen LogP contribution in [0.2, 0.25) is 10.0 Å². The van der Waals surface area contributed by atoms with Crippen LogP contribution in [0.3, 0.4) is 0 Å². The first-order valence-electron chi connectivity index (χ1n) is 8.85. The lowest BCUT2D eigenvalue weighted by molar-refractivity contribution is -0.123. The first-order valence-corrected chi connectivity index (χ1v) is 11.1. The summed E-state index contributed by atoms with van der Waals surface area (Å²) in [6.45, 7) is 0.223. The van der Waals surface area contributed by atoms with Crippen molar-refractivity contribution in [1.29, 1.82) is 0 Å². The van der Waals surface area contributed by atoms with Crippen LogP contribution in [0.1, 0.15) is 5.56 Å². The zero-order chi connectivity index (χ0) is 21.6. The highest BCUT2D eigenvalue weighted by molar-refractivity contribution is 7.92. The molecule has 0 aliphatic heterocycles. The topological polar surface area (TPSA) is 84.5 Å². The molecule has 0 atom stereocenters. The zero-order valence-corrected chi connectivity index (χ0v) is 18.0. The Morgan fingerprint density at radius 3 is 2.27 bits per heavy atom. The standard InChI is InChI=1S/C21H18Cl2N2O4S/c22-19-11-6-16(12-20(19)23)25-30(27,28)18-9-7-17(8-10-18)29-14-21(26)24-13-15-4-2-1-3-5-15/h1-12,25H,13-14H2,(H,24,26). The van der Waals surface area contributed by atoms with Gasteiger partial charge in [0.1, 0.15) is 5.75 Å². The lowest BCUT2D eigenvalue weighted by atomic mass is 10.2. The Hall–Kier alpha value is -2.74. The van der Waals surface area contributed by atoms with Gasteiger partial charge in [0.25, 0.3) is 15.9 Å². The summed E-state index contributed by atoms with van der Waals surface area (Å²) in [6.07, 6.45) is 0. The molecule has 3 rings (SSSR count). The van der Waals surface area contributed by atoms with Gasteiger partial charge in [-0.05, 0) is 48.0 Å². The normalized spacial score (nSPS) is 11.0. The van der Waals surface area contributed by atoms with E-state index in [9.17, 15) is 13.2 Å². The first-order chi connectivity index (χ1) is 14.3. The van der Waals surface area contributed by atoms with Crippen LogP contribution in [0.5, 0.6) is 5.75 Å². The van der Waals surface area contributed by atoms with Crippen LogP contribution in [0.4, 0.5) is 5.69 Å². The summed E-state index contributed by atoms with van der Waals surface area (Å²) < 4.78 is 32.8. The van der Waals surface area contributed by atoms with E-state index in [2.05, 4.69) is 10.0 Å². The van der Waals surface area contributed by atoms with Crippen LogP contribution in [-0.4, -0.2) is 20.9 Å². The van der Waals surface area contributed by atoms with Gasteiger partial charge in [0.2, 0.25) is 0 Å². The molecule has 1 amide bonds. The van der Waals surface area contributed by atoms with Crippen LogP contribution < -0.4 is 14.8 Å². The molecule has 0 fully saturated rings. The molecule has 30 heavy (non-hydrogen) atoms. The predicted molar refractivity (Wildman–Crippen MR) is 117 cm³/mol. The van der Waals surface area contributed by atoms with Gasteiger partial charge in [0.15, 0.2) is 6.61 Å². The summed E-state index contributed by atoms with van der Waals surface area (Å²) in [5, 5.41) is 3.32. The van der Waals surface area contributed by atoms with Crippen molar-refractivity contribution in [2.75, 3.05) is 11.3 Å². The molecule has 3 aromatic rings. The van der Waals surface area contributed by atoms with Crippen molar-refractivity contribution in [3.63, 3.8) is 0 Å². The predicted octanol–water partition coefficient (Wildman–Crippen LogP) is 4.49. The largest absolute Gasteiger partial charge is 0.484 e. The maximum atomic E-state index is 12.5. The van der Waals surface area contributed by atoms with Gasteiger partial charge in [0, 0.05) is 6.54 Å². The molecule has 0 saturated carbocycles. The Morgan fingerprint density at radius 1 is 0.900 bits per heavy atom. The van der Waals surface area contributed by atoms with Gasteiger partial charge in [-0.2, -0.15) is 0 Å². The number of anilines is 1. The van der Waals surface area contributed by atoms with E-state index in [0.717, 1.165) is 5.56 Å². The molecule has 0 unspecified atom stereocenters. The molecule has 2 N–H and O–H groups in total. The third kappa shape index (κ3) is 6.13. The van der Waals surface area contributed by atoms with Gasteiger partial charge in [-0.3, -0.25) is 9.52 Å². The Bertz CT molecular complexity index is 1120. The average molecular weight is 465 g/mol. The minimum absolute atomic E-state index is 0.0365. The van der Waals surface area contributed by atoms with Gasteiger partial charge < -0.3 is 10.1 Å². The van der Waals surface area contributed by atoms with Crippen LogP contribution in [0.15, 0.2) is 77.7 Å². The Kier molecular flexibility index (Phi) is 7.20. The molecule has 0 bridgehead atoms. The summed E-state index contributed by atoms with van der Waals surface area (Å²) in [5.74, 6) is 0.0928. The molecule has 0 aliphatic rings. The van der Waals surface area contributed by atoms with Gasteiger partial charge in [-0.1, -0.05) is 53.5 Å². The third-order valence-electron chi connectivity index (χ3n) is 4.01. The molecule has 0 aliphatic carbocycles. The van der Waals surface area contributed by atoms with Crippen molar-refractivity contribution in [3.05, 3.63) is 88.4 Å². The Labute approximate surface area is 184 Å². The van der Waals surface area contributed by atoms with Gasteiger partial charge >= 0.3 is 0 Å². The number of amides is 1. The van der Waals surface area contributed by atoms with E-state index in [4.69, 9.17) is 27.9 Å². The van der Waals surface area contributed by atoms with E-state index in [1.807, 2.05) is 30.3 Å². The highest BCUT2D eigenvalue weighted by Crippen LogP contribution is 2.26. The molecular formula is C21H18Cl2N2O4S. The lowest BCUT2D eigenvalue weighted by Gasteiger charge is -2.10. The molecule has 0 aromatic heterocycles. The SMILES string of the molecule is O=C(COc1ccc(S(=O)(=O)Nc2ccc(Cl)c(Cl)c2)cc1)NCc1ccccc1. The van der Waals surface area contributed by atoms with E-state index >= 15 is 0 Å². The number of hydrogen-bond acceptors (Lipinski definition) is 4. The summed E-state index contributed by atoms with van der Waals surface area (Å²) in [6, 6.07) is 19.7. The average Bonchev–Trinajstić information content (AvgIpc) is 2.74. The van der Waals surface area contributed by atoms with Crippen LogP contribution in [0, 0.1) is 0 Å². The molecule has 3 aromatic carbocycles. The third-order valence-corrected chi connectivity index (χ3v) is 6.14. The highest BCUT2D eigenvalue weighted by atomic mass is 35.5. The molecule has 0 spiro atoms. The first kappa shape index (κ1) is 22.0. The lowest BCUT2D eigenvalue weighted by Crippen LogP contribution is -2.28. The number of halogens is 2. The molecule has 0 saturated heterocycles.